The van der Waals surface area contributed by atoms with Crippen LogP contribution in [0.15, 0.2) is 35.6 Å². The van der Waals surface area contributed by atoms with E-state index >= 15 is 0 Å². The number of allylic oxidation sites excluding steroid dienone is 1. The van der Waals surface area contributed by atoms with Crippen molar-refractivity contribution in [3.05, 3.63) is 36.2 Å². The van der Waals surface area contributed by atoms with Gasteiger partial charge in [0.05, 0.1) is 29.7 Å². The normalized spacial score (nSPS) is 17.4. The minimum absolute atomic E-state index is 0.0131. The van der Waals surface area contributed by atoms with Gasteiger partial charge in [-0.25, -0.2) is 9.67 Å². The molecule has 0 aliphatic carbocycles. The number of nitrogens with zero attached hydrogens (tertiary/aromatic N) is 5. The standard InChI is InChI=1S/C16H19N5O/c1-11(2)21-15-14(10-19-21)13(6-8-18-15)16(22)20(3)12-5-4-7-17-9-12/h4-8,10-12H,9H2,1-3H3. The first-order chi connectivity index (χ1) is 10.6. The number of carbonyl (C=O) groups excluding carboxylic acids is 1. The van der Waals surface area contributed by atoms with Gasteiger partial charge < -0.3 is 4.90 Å². The van der Waals surface area contributed by atoms with Crippen LogP contribution in [0.25, 0.3) is 11.0 Å². The fourth-order valence-electron chi connectivity index (χ4n) is 2.57. The number of dihydropyridines is 1. The molecule has 0 fully saturated rings. The van der Waals surface area contributed by atoms with E-state index < -0.39 is 0 Å². The molecule has 1 aliphatic rings. The summed E-state index contributed by atoms with van der Waals surface area (Å²) in [7, 11) is 1.80. The van der Waals surface area contributed by atoms with Crippen molar-refractivity contribution in [3.8, 4) is 0 Å². The molecule has 0 aromatic carbocycles. The minimum Gasteiger partial charge on any atom is -0.333 e. The molecule has 1 amide bonds. The molecule has 3 rings (SSSR count). The van der Waals surface area contributed by atoms with Crippen molar-refractivity contribution in [3.63, 3.8) is 0 Å². The second-order valence-corrected chi connectivity index (χ2v) is 5.66. The molecule has 0 saturated heterocycles. The van der Waals surface area contributed by atoms with E-state index in [2.05, 4.69) is 15.1 Å². The maximum absolute atomic E-state index is 12.8. The van der Waals surface area contributed by atoms with Crippen LogP contribution in [0.4, 0.5) is 0 Å². The molecule has 1 aliphatic heterocycles. The molecule has 22 heavy (non-hydrogen) atoms. The van der Waals surface area contributed by atoms with Crippen LogP contribution in [0, 0.1) is 0 Å². The number of aliphatic imine (C=N–C) groups is 1. The number of pyridine rings is 1. The highest BCUT2D eigenvalue weighted by Crippen LogP contribution is 2.21. The van der Waals surface area contributed by atoms with E-state index in [0.29, 0.717) is 12.1 Å². The lowest BCUT2D eigenvalue weighted by Crippen LogP contribution is -2.38. The van der Waals surface area contributed by atoms with Crippen molar-refractivity contribution < 1.29 is 4.79 Å². The molecule has 1 unspecified atom stereocenters. The summed E-state index contributed by atoms with van der Waals surface area (Å²) in [5.74, 6) is -0.0394. The van der Waals surface area contributed by atoms with Crippen LogP contribution in [0.2, 0.25) is 0 Å². The van der Waals surface area contributed by atoms with E-state index in [9.17, 15) is 4.79 Å². The first-order valence-corrected chi connectivity index (χ1v) is 7.35. The van der Waals surface area contributed by atoms with Gasteiger partial charge in [-0.3, -0.25) is 9.79 Å². The van der Waals surface area contributed by atoms with Crippen molar-refractivity contribution in [1.29, 1.82) is 0 Å². The molecule has 2 aromatic heterocycles. The average Bonchev–Trinajstić information content (AvgIpc) is 2.98. The largest absolute Gasteiger partial charge is 0.333 e. The van der Waals surface area contributed by atoms with E-state index in [1.54, 1.807) is 36.6 Å². The molecule has 3 heterocycles. The summed E-state index contributed by atoms with van der Waals surface area (Å²) in [6.45, 7) is 4.68. The number of aromatic nitrogens is 3. The SMILES string of the molecule is CC(C)n1ncc2c(C(=O)N(C)C3C=CC=NC3)ccnc21. The fourth-order valence-corrected chi connectivity index (χ4v) is 2.57. The van der Waals surface area contributed by atoms with Gasteiger partial charge in [0.15, 0.2) is 5.65 Å². The molecule has 2 aromatic rings. The third-order valence-corrected chi connectivity index (χ3v) is 3.85. The van der Waals surface area contributed by atoms with E-state index in [-0.39, 0.29) is 18.0 Å². The topological polar surface area (TPSA) is 63.4 Å². The molecule has 0 radical (unpaired) electrons. The van der Waals surface area contributed by atoms with Crippen molar-refractivity contribution in [2.75, 3.05) is 13.6 Å². The molecule has 6 heteroatoms. The van der Waals surface area contributed by atoms with Crippen LogP contribution in [-0.2, 0) is 0 Å². The summed E-state index contributed by atoms with van der Waals surface area (Å²) in [6, 6.07) is 1.94. The van der Waals surface area contributed by atoms with E-state index in [0.717, 1.165) is 11.0 Å². The molecule has 114 valence electrons. The third-order valence-electron chi connectivity index (χ3n) is 3.85. The number of carbonyl (C=O) groups is 1. The van der Waals surface area contributed by atoms with Gasteiger partial charge in [-0.05, 0) is 26.0 Å². The molecule has 1 atom stereocenters. The molecule has 0 spiro atoms. The van der Waals surface area contributed by atoms with E-state index in [4.69, 9.17) is 0 Å². The van der Waals surface area contributed by atoms with Gasteiger partial charge in [0.25, 0.3) is 5.91 Å². The number of rotatable bonds is 3. The Labute approximate surface area is 129 Å². The Morgan fingerprint density at radius 2 is 2.27 bits per heavy atom. The lowest BCUT2D eigenvalue weighted by Gasteiger charge is -2.25. The van der Waals surface area contributed by atoms with Crippen LogP contribution >= 0.6 is 0 Å². The Bertz CT molecular complexity index is 759. The molecule has 0 bridgehead atoms. The Morgan fingerprint density at radius 1 is 1.45 bits per heavy atom. The number of amides is 1. The second kappa shape index (κ2) is 5.71. The van der Waals surface area contributed by atoms with Crippen molar-refractivity contribution in [2.45, 2.75) is 25.9 Å². The van der Waals surface area contributed by atoms with Gasteiger partial charge in [0.1, 0.15) is 0 Å². The second-order valence-electron chi connectivity index (χ2n) is 5.66. The Kier molecular flexibility index (Phi) is 3.75. The smallest absolute Gasteiger partial charge is 0.255 e. The maximum atomic E-state index is 12.8. The quantitative estimate of drug-likeness (QED) is 0.871. The number of fused-ring (bicyclic) bond motifs is 1. The predicted octanol–water partition coefficient (Wildman–Crippen LogP) is 2.09. The van der Waals surface area contributed by atoms with Crippen molar-refractivity contribution >= 4 is 23.2 Å². The zero-order valence-corrected chi connectivity index (χ0v) is 13.0. The first kappa shape index (κ1) is 14.4. The number of hydrogen-bond acceptors (Lipinski definition) is 4. The first-order valence-electron chi connectivity index (χ1n) is 7.35. The van der Waals surface area contributed by atoms with Crippen LogP contribution in [-0.4, -0.2) is 51.4 Å². The Hall–Kier alpha value is -2.50. The summed E-state index contributed by atoms with van der Waals surface area (Å²) in [6.07, 6.45) is 9.00. The average molecular weight is 297 g/mol. The maximum Gasteiger partial charge on any atom is 0.255 e. The predicted molar refractivity (Wildman–Crippen MR) is 86.3 cm³/mol. The summed E-state index contributed by atoms with van der Waals surface area (Å²) >= 11 is 0. The monoisotopic (exact) mass is 297 g/mol. The zero-order chi connectivity index (χ0) is 15.7. The third kappa shape index (κ3) is 2.41. The number of likely N-dealkylation sites (N-methyl/N-ethyl adjacent to an activating group) is 1. The summed E-state index contributed by atoms with van der Waals surface area (Å²) in [5, 5.41) is 5.14. The summed E-state index contributed by atoms with van der Waals surface area (Å²) in [5.41, 5.74) is 1.37. The van der Waals surface area contributed by atoms with Crippen LogP contribution in [0.5, 0.6) is 0 Å². The Balaban J connectivity index is 1.97. The fraction of sp³-hybridized carbons (Fsp3) is 0.375. The lowest BCUT2D eigenvalue weighted by molar-refractivity contribution is 0.0766. The van der Waals surface area contributed by atoms with Gasteiger partial charge in [-0.1, -0.05) is 6.08 Å². The van der Waals surface area contributed by atoms with Gasteiger partial charge >= 0.3 is 0 Å². The molecular weight excluding hydrogens is 278 g/mol. The van der Waals surface area contributed by atoms with E-state index in [1.807, 2.05) is 30.7 Å². The van der Waals surface area contributed by atoms with Crippen molar-refractivity contribution in [1.82, 2.24) is 19.7 Å². The number of hydrogen-bond donors (Lipinski definition) is 0. The Morgan fingerprint density at radius 3 is 2.95 bits per heavy atom. The minimum atomic E-state index is -0.0394. The molecule has 0 saturated carbocycles. The van der Waals surface area contributed by atoms with Crippen LogP contribution in [0.1, 0.15) is 30.2 Å². The molecule has 0 N–H and O–H groups in total. The van der Waals surface area contributed by atoms with Gasteiger partial charge in [0, 0.05) is 25.5 Å². The van der Waals surface area contributed by atoms with Crippen LogP contribution < -0.4 is 0 Å². The van der Waals surface area contributed by atoms with Gasteiger partial charge in [-0.15, -0.1) is 0 Å². The van der Waals surface area contributed by atoms with Gasteiger partial charge in [-0.2, -0.15) is 5.10 Å². The van der Waals surface area contributed by atoms with Gasteiger partial charge in [0.2, 0.25) is 0 Å². The highest BCUT2D eigenvalue weighted by atomic mass is 16.2. The lowest BCUT2D eigenvalue weighted by atomic mass is 10.1. The highest BCUT2D eigenvalue weighted by molar-refractivity contribution is 6.05. The zero-order valence-electron chi connectivity index (χ0n) is 13.0. The summed E-state index contributed by atoms with van der Waals surface area (Å²) < 4.78 is 1.83. The summed E-state index contributed by atoms with van der Waals surface area (Å²) in [4.78, 5) is 23.1. The van der Waals surface area contributed by atoms with Crippen molar-refractivity contribution in [2.24, 2.45) is 4.99 Å². The van der Waals surface area contributed by atoms with Crippen LogP contribution in [0.3, 0.4) is 0 Å². The van der Waals surface area contributed by atoms with E-state index in [1.165, 1.54) is 0 Å². The molecule has 6 nitrogen and oxygen atoms in total. The highest BCUT2D eigenvalue weighted by Gasteiger charge is 2.22. The molecular formula is C16H19N5O.